The lowest BCUT2D eigenvalue weighted by atomic mass is 9.84. The van der Waals surface area contributed by atoms with Gasteiger partial charge in [0.15, 0.2) is 0 Å². The van der Waals surface area contributed by atoms with Crippen molar-refractivity contribution in [3.63, 3.8) is 0 Å². The first-order valence-corrected chi connectivity index (χ1v) is 6.35. The molecule has 1 aromatic carbocycles. The topological polar surface area (TPSA) is 37.4 Å². The van der Waals surface area contributed by atoms with Crippen LogP contribution in [0.4, 0.5) is 0 Å². The third-order valence-corrected chi connectivity index (χ3v) is 4.78. The summed E-state index contributed by atoms with van der Waals surface area (Å²) in [6, 6.07) is 7.25. The molecule has 0 saturated heterocycles. The number of fused-ring (bicyclic) bond motifs is 1. The summed E-state index contributed by atoms with van der Waals surface area (Å²) in [5, 5.41) is 0. The highest BCUT2D eigenvalue weighted by atomic mass is 32.2. The molecule has 0 aromatic heterocycles. The largest absolute Gasteiger partial charge is 0.243 e. The predicted molar refractivity (Wildman–Crippen MR) is 59.3 cm³/mol. The third kappa shape index (κ3) is 1.48. The Morgan fingerprint density at radius 2 is 1.87 bits per heavy atom. The molecule has 1 aliphatic rings. The summed E-state index contributed by atoms with van der Waals surface area (Å²) in [5.74, 6) is 0. The van der Waals surface area contributed by atoms with Crippen molar-refractivity contribution in [1.82, 2.24) is 4.31 Å². The van der Waals surface area contributed by atoms with Gasteiger partial charge >= 0.3 is 0 Å². The summed E-state index contributed by atoms with van der Waals surface area (Å²) < 4.78 is 25.5. The first-order chi connectivity index (χ1) is 6.86. The summed E-state index contributed by atoms with van der Waals surface area (Å²) in [4.78, 5) is 0.448. The predicted octanol–water partition coefficient (Wildman–Crippen LogP) is 1.60. The minimum absolute atomic E-state index is 0.114. The molecule has 0 radical (unpaired) electrons. The minimum atomic E-state index is -3.26. The Bertz CT molecular complexity index is 491. The van der Waals surface area contributed by atoms with Crippen LogP contribution in [0, 0.1) is 0 Å². The van der Waals surface area contributed by atoms with Crippen LogP contribution in [0.15, 0.2) is 29.2 Å². The van der Waals surface area contributed by atoms with Gasteiger partial charge in [0, 0.05) is 19.0 Å². The summed E-state index contributed by atoms with van der Waals surface area (Å²) in [6.45, 7) is 4.67. The third-order valence-electron chi connectivity index (χ3n) is 2.92. The average Bonchev–Trinajstić information content (AvgIpc) is 2.15. The van der Waals surface area contributed by atoms with Gasteiger partial charge in [-0.3, -0.25) is 0 Å². The van der Waals surface area contributed by atoms with Crippen LogP contribution < -0.4 is 0 Å². The van der Waals surface area contributed by atoms with E-state index in [1.165, 1.54) is 4.31 Å². The monoisotopic (exact) mass is 225 g/mol. The van der Waals surface area contributed by atoms with E-state index in [9.17, 15) is 8.42 Å². The first kappa shape index (κ1) is 10.6. The Morgan fingerprint density at radius 3 is 2.53 bits per heavy atom. The molecule has 2 rings (SSSR count). The van der Waals surface area contributed by atoms with E-state index in [4.69, 9.17) is 0 Å². The van der Waals surface area contributed by atoms with Crippen molar-refractivity contribution < 1.29 is 8.42 Å². The van der Waals surface area contributed by atoms with Gasteiger partial charge in [-0.25, -0.2) is 12.7 Å². The van der Waals surface area contributed by atoms with Crippen LogP contribution in [0.3, 0.4) is 0 Å². The van der Waals surface area contributed by atoms with Gasteiger partial charge < -0.3 is 0 Å². The van der Waals surface area contributed by atoms with Crippen molar-refractivity contribution in [2.75, 3.05) is 13.6 Å². The molecule has 0 N–H and O–H groups in total. The van der Waals surface area contributed by atoms with E-state index < -0.39 is 10.0 Å². The van der Waals surface area contributed by atoms with E-state index in [0.29, 0.717) is 11.4 Å². The molecule has 1 heterocycles. The molecule has 0 atom stereocenters. The summed E-state index contributed by atoms with van der Waals surface area (Å²) in [5.41, 5.74) is 0.805. The number of hydrogen-bond acceptors (Lipinski definition) is 2. The van der Waals surface area contributed by atoms with Gasteiger partial charge in [-0.15, -0.1) is 0 Å². The van der Waals surface area contributed by atoms with Crippen LogP contribution in [0.1, 0.15) is 19.4 Å². The minimum Gasteiger partial charge on any atom is -0.207 e. The molecule has 1 aromatic rings. The van der Waals surface area contributed by atoms with Crippen molar-refractivity contribution in [3.8, 4) is 0 Å². The van der Waals surface area contributed by atoms with Crippen LogP contribution in [0.25, 0.3) is 0 Å². The number of rotatable bonds is 0. The van der Waals surface area contributed by atoms with Crippen molar-refractivity contribution in [1.29, 1.82) is 0 Å². The lowest BCUT2D eigenvalue weighted by Crippen LogP contribution is -2.44. The van der Waals surface area contributed by atoms with Crippen molar-refractivity contribution >= 4 is 10.0 Å². The maximum atomic E-state index is 12.0. The molecule has 4 heteroatoms. The van der Waals surface area contributed by atoms with Gasteiger partial charge in [0.25, 0.3) is 0 Å². The van der Waals surface area contributed by atoms with Crippen LogP contribution in [0.2, 0.25) is 0 Å². The lowest BCUT2D eigenvalue weighted by Gasteiger charge is -2.37. The van der Waals surface area contributed by atoms with Gasteiger partial charge in [0.05, 0.1) is 4.90 Å². The molecule has 82 valence electrons. The quantitative estimate of drug-likeness (QED) is 0.672. The fourth-order valence-electron chi connectivity index (χ4n) is 2.15. The Hall–Kier alpha value is -0.870. The van der Waals surface area contributed by atoms with Gasteiger partial charge in [-0.2, -0.15) is 0 Å². The molecule has 0 fully saturated rings. The second-order valence-electron chi connectivity index (χ2n) is 4.64. The van der Waals surface area contributed by atoms with E-state index in [1.54, 1.807) is 19.2 Å². The zero-order valence-electron chi connectivity index (χ0n) is 9.19. The summed E-state index contributed by atoms with van der Waals surface area (Å²) in [6.07, 6.45) is 0. The van der Waals surface area contributed by atoms with Gasteiger partial charge in [0.2, 0.25) is 10.0 Å². The standard InChI is InChI=1S/C11H15NO2S/c1-11(2)8-12(3)15(13,14)10-7-5-4-6-9(10)11/h4-7H,8H2,1-3H3. The molecule has 0 amide bonds. The molecule has 0 aliphatic carbocycles. The number of sulfonamides is 1. The fraction of sp³-hybridized carbons (Fsp3) is 0.455. The Labute approximate surface area is 90.8 Å². The second-order valence-corrected chi connectivity index (χ2v) is 6.65. The highest BCUT2D eigenvalue weighted by molar-refractivity contribution is 7.89. The van der Waals surface area contributed by atoms with E-state index in [1.807, 2.05) is 12.1 Å². The van der Waals surface area contributed by atoms with Crippen molar-refractivity contribution in [2.24, 2.45) is 0 Å². The highest BCUT2D eigenvalue weighted by Crippen LogP contribution is 2.36. The van der Waals surface area contributed by atoms with Crippen LogP contribution in [-0.4, -0.2) is 26.3 Å². The first-order valence-electron chi connectivity index (χ1n) is 4.91. The zero-order valence-corrected chi connectivity index (χ0v) is 10.0. The molecular formula is C11H15NO2S. The molecule has 0 spiro atoms. The number of likely N-dealkylation sites (N-methyl/N-ethyl adjacent to an activating group) is 1. The highest BCUT2D eigenvalue weighted by Gasteiger charge is 2.38. The summed E-state index contributed by atoms with van der Waals surface area (Å²) in [7, 11) is -1.63. The normalized spacial score (nSPS) is 23.4. The summed E-state index contributed by atoms with van der Waals surface area (Å²) >= 11 is 0. The Balaban J connectivity index is 2.76. The van der Waals surface area contributed by atoms with Crippen LogP contribution >= 0.6 is 0 Å². The maximum absolute atomic E-state index is 12.0. The molecule has 0 bridgehead atoms. The average molecular weight is 225 g/mol. The zero-order chi connectivity index (χ0) is 11.3. The molecule has 15 heavy (non-hydrogen) atoms. The smallest absolute Gasteiger partial charge is 0.207 e. The van der Waals surface area contributed by atoms with E-state index >= 15 is 0 Å². The second kappa shape index (κ2) is 3.06. The molecule has 0 unspecified atom stereocenters. The van der Waals surface area contributed by atoms with Gasteiger partial charge in [0.1, 0.15) is 0 Å². The van der Waals surface area contributed by atoms with E-state index in [0.717, 1.165) is 5.56 Å². The molecular weight excluding hydrogens is 210 g/mol. The number of nitrogens with zero attached hydrogens (tertiary/aromatic N) is 1. The molecule has 0 saturated carbocycles. The van der Waals surface area contributed by atoms with Crippen molar-refractivity contribution in [3.05, 3.63) is 29.8 Å². The lowest BCUT2D eigenvalue weighted by molar-refractivity contribution is 0.350. The molecule has 1 aliphatic heterocycles. The van der Waals surface area contributed by atoms with Gasteiger partial charge in [-0.1, -0.05) is 32.0 Å². The van der Waals surface area contributed by atoms with E-state index in [-0.39, 0.29) is 5.41 Å². The van der Waals surface area contributed by atoms with Gasteiger partial charge in [-0.05, 0) is 11.6 Å². The molecule has 3 nitrogen and oxygen atoms in total. The number of hydrogen-bond donors (Lipinski definition) is 0. The maximum Gasteiger partial charge on any atom is 0.243 e. The van der Waals surface area contributed by atoms with Crippen molar-refractivity contribution in [2.45, 2.75) is 24.2 Å². The van der Waals surface area contributed by atoms with Crippen LogP contribution in [-0.2, 0) is 15.4 Å². The van der Waals surface area contributed by atoms with E-state index in [2.05, 4.69) is 13.8 Å². The Kier molecular flexibility index (Phi) is 2.17. The fourth-order valence-corrected chi connectivity index (χ4v) is 3.85. The number of benzene rings is 1. The SMILES string of the molecule is CN1CC(C)(C)c2ccccc2S1(=O)=O. The van der Waals surface area contributed by atoms with Crippen LogP contribution in [0.5, 0.6) is 0 Å². The Morgan fingerprint density at radius 1 is 1.27 bits per heavy atom.